The van der Waals surface area contributed by atoms with Crippen LogP contribution in [0.2, 0.25) is 10.0 Å². The van der Waals surface area contributed by atoms with Gasteiger partial charge in [0.25, 0.3) is 0 Å². The van der Waals surface area contributed by atoms with Crippen molar-refractivity contribution in [3.63, 3.8) is 0 Å². The molecule has 1 atom stereocenters. The third kappa shape index (κ3) is 3.13. The molecule has 0 spiro atoms. The number of carboxylic acids is 1. The van der Waals surface area contributed by atoms with Gasteiger partial charge in [0.05, 0.1) is 21.3 Å². The zero-order valence-corrected chi connectivity index (χ0v) is 14.6. The Morgan fingerprint density at radius 1 is 1.12 bits per heavy atom. The molecule has 5 nitrogen and oxygen atoms in total. The molecule has 7 heteroatoms. The summed E-state index contributed by atoms with van der Waals surface area (Å²) in [6, 6.07) is 9.09. The molecular weight excluding hydrogens is 365 g/mol. The van der Waals surface area contributed by atoms with Crippen LogP contribution in [0.15, 0.2) is 36.4 Å². The number of benzene rings is 2. The number of carbonyl (C=O) groups is 3. The number of anilines is 1. The molecule has 0 saturated carbocycles. The van der Waals surface area contributed by atoms with Crippen LogP contribution in [0.1, 0.15) is 26.3 Å². The molecule has 128 valence electrons. The maximum absolute atomic E-state index is 12.8. The summed E-state index contributed by atoms with van der Waals surface area (Å²) in [7, 11) is 1.57. The summed E-state index contributed by atoms with van der Waals surface area (Å²) >= 11 is 11.9. The highest BCUT2D eigenvalue weighted by atomic mass is 35.5. The molecule has 0 saturated heterocycles. The average Bonchev–Trinajstić information content (AvgIpc) is 2.59. The van der Waals surface area contributed by atoms with Gasteiger partial charge in [-0.05, 0) is 42.3 Å². The topological polar surface area (TPSA) is 74.7 Å². The summed E-state index contributed by atoms with van der Waals surface area (Å²) in [6.07, 6.45) is 0.162. The van der Waals surface area contributed by atoms with Crippen molar-refractivity contribution in [1.29, 1.82) is 0 Å². The van der Waals surface area contributed by atoms with E-state index in [2.05, 4.69) is 0 Å². The SMILES string of the molecule is CN1C(=O)C(Cc2ccc(Cl)c(Cl)c2)C(=O)c2cc(C(=O)O)ccc21. The maximum Gasteiger partial charge on any atom is 0.335 e. The molecule has 2 aromatic rings. The average molecular weight is 378 g/mol. The largest absolute Gasteiger partial charge is 0.478 e. The van der Waals surface area contributed by atoms with Crippen LogP contribution in [-0.4, -0.2) is 29.8 Å². The van der Waals surface area contributed by atoms with E-state index in [1.54, 1.807) is 25.2 Å². The molecule has 0 aromatic heterocycles. The molecule has 1 aliphatic heterocycles. The van der Waals surface area contributed by atoms with Crippen LogP contribution in [0.4, 0.5) is 5.69 Å². The van der Waals surface area contributed by atoms with E-state index in [9.17, 15) is 14.4 Å². The van der Waals surface area contributed by atoms with E-state index in [1.807, 2.05) is 0 Å². The van der Waals surface area contributed by atoms with E-state index in [4.69, 9.17) is 28.3 Å². The molecular formula is C18H13Cl2NO4. The quantitative estimate of drug-likeness (QED) is 0.827. The molecule has 25 heavy (non-hydrogen) atoms. The van der Waals surface area contributed by atoms with Crippen LogP contribution in [0.5, 0.6) is 0 Å². The Morgan fingerprint density at radius 3 is 2.48 bits per heavy atom. The van der Waals surface area contributed by atoms with E-state index in [-0.39, 0.29) is 23.5 Å². The normalized spacial score (nSPS) is 16.8. The zero-order chi connectivity index (χ0) is 18.3. The first kappa shape index (κ1) is 17.5. The van der Waals surface area contributed by atoms with Gasteiger partial charge in [-0.1, -0.05) is 29.3 Å². The van der Waals surface area contributed by atoms with Crippen LogP contribution in [-0.2, 0) is 11.2 Å². The van der Waals surface area contributed by atoms with Gasteiger partial charge in [-0.15, -0.1) is 0 Å². The number of carboxylic acid groups (broad SMARTS) is 1. The summed E-state index contributed by atoms with van der Waals surface area (Å²) in [6.45, 7) is 0. The van der Waals surface area contributed by atoms with Gasteiger partial charge in [-0.25, -0.2) is 4.79 Å². The highest BCUT2D eigenvalue weighted by Gasteiger charge is 2.38. The summed E-state index contributed by atoms with van der Waals surface area (Å²) in [4.78, 5) is 37.9. The molecule has 1 heterocycles. The van der Waals surface area contributed by atoms with Crippen molar-refractivity contribution in [1.82, 2.24) is 0 Å². The van der Waals surface area contributed by atoms with Crippen LogP contribution in [0.25, 0.3) is 0 Å². The Hall–Kier alpha value is -2.37. The fraction of sp³-hybridized carbons (Fsp3) is 0.167. The van der Waals surface area contributed by atoms with Crippen molar-refractivity contribution in [2.45, 2.75) is 6.42 Å². The number of carbonyl (C=O) groups excluding carboxylic acids is 2. The van der Waals surface area contributed by atoms with E-state index < -0.39 is 17.7 Å². The second-order valence-corrected chi connectivity index (χ2v) is 6.62. The number of ketones is 1. The van der Waals surface area contributed by atoms with Crippen molar-refractivity contribution in [3.05, 3.63) is 63.1 Å². The fourth-order valence-electron chi connectivity index (χ4n) is 2.89. The van der Waals surface area contributed by atoms with E-state index in [1.165, 1.54) is 23.1 Å². The van der Waals surface area contributed by atoms with Gasteiger partial charge in [0, 0.05) is 12.6 Å². The van der Waals surface area contributed by atoms with Gasteiger partial charge in [0.1, 0.15) is 5.92 Å². The minimum absolute atomic E-state index is 0.00290. The van der Waals surface area contributed by atoms with Crippen molar-refractivity contribution in [3.8, 4) is 0 Å². The molecule has 0 bridgehead atoms. The van der Waals surface area contributed by atoms with Crippen molar-refractivity contribution < 1.29 is 19.5 Å². The molecule has 0 radical (unpaired) electrons. The third-order valence-corrected chi connectivity index (χ3v) is 4.98. The minimum atomic E-state index is -1.13. The Morgan fingerprint density at radius 2 is 1.84 bits per heavy atom. The highest BCUT2D eigenvalue weighted by molar-refractivity contribution is 6.42. The van der Waals surface area contributed by atoms with Crippen LogP contribution in [0.3, 0.4) is 0 Å². The first-order valence-electron chi connectivity index (χ1n) is 7.42. The van der Waals surface area contributed by atoms with Crippen molar-refractivity contribution in [2.24, 2.45) is 5.92 Å². The predicted octanol–water partition coefficient (Wildman–Crippen LogP) is 3.71. The molecule has 1 unspecified atom stereocenters. The first-order chi connectivity index (χ1) is 11.8. The lowest BCUT2D eigenvalue weighted by molar-refractivity contribution is -0.120. The van der Waals surface area contributed by atoms with Gasteiger partial charge in [0.15, 0.2) is 5.78 Å². The Kier molecular flexibility index (Phi) is 4.54. The number of hydrogen-bond acceptors (Lipinski definition) is 3. The van der Waals surface area contributed by atoms with Gasteiger partial charge in [-0.3, -0.25) is 9.59 Å². The van der Waals surface area contributed by atoms with Crippen LogP contribution in [0, 0.1) is 5.92 Å². The van der Waals surface area contributed by atoms with E-state index in [0.29, 0.717) is 21.3 Å². The highest BCUT2D eigenvalue weighted by Crippen LogP contribution is 2.33. The van der Waals surface area contributed by atoms with Gasteiger partial charge < -0.3 is 10.0 Å². The monoisotopic (exact) mass is 377 g/mol. The third-order valence-electron chi connectivity index (χ3n) is 4.24. The smallest absolute Gasteiger partial charge is 0.335 e. The summed E-state index contributed by atoms with van der Waals surface area (Å²) in [5.41, 5.74) is 1.34. The van der Waals surface area contributed by atoms with E-state index >= 15 is 0 Å². The first-order valence-corrected chi connectivity index (χ1v) is 8.18. The molecule has 3 rings (SSSR count). The molecule has 1 aliphatic rings. The molecule has 0 aliphatic carbocycles. The number of Topliss-reactive ketones (excluding diaryl/α,β-unsaturated/α-hetero) is 1. The lowest BCUT2D eigenvalue weighted by atomic mass is 9.85. The number of hydrogen-bond donors (Lipinski definition) is 1. The van der Waals surface area contributed by atoms with Crippen molar-refractivity contribution in [2.75, 3.05) is 11.9 Å². The fourth-order valence-corrected chi connectivity index (χ4v) is 3.21. The zero-order valence-electron chi connectivity index (χ0n) is 13.1. The summed E-state index contributed by atoms with van der Waals surface area (Å²) < 4.78 is 0. The summed E-state index contributed by atoms with van der Waals surface area (Å²) in [5, 5.41) is 9.86. The second-order valence-electron chi connectivity index (χ2n) is 5.80. The van der Waals surface area contributed by atoms with E-state index in [0.717, 1.165) is 0 Å². The number of amides is 1. The minimum Gasteiger partial charge on any atom is -0.478 e. The van der Waals surface area contributed by atoms with Crippen LogP contribution < -0.4 is 4.90 Å². The van der Waals surface area contributed by atoms with Gasteiger partial charge in [-0.2, -0.15) is 0 Å². The maximum atomic E-state index is 12.8. The van der Waals surface area contributed by atoms with Gasteiger partial charge >= 0.3 is 5.97 Å². The summed E-state index contributed by atoms with van der Waals surface area (Å²) in [5.74, 6) is -2.80. The van der Waals surface area contributed by atoms with Gasteiger partial charge in [0.2, 0.25) is 5.91 Å². The molecule has 2 aromatic carbocycles. The Bertz CT molecular complexity index is 910. The second kappa shape index (κ2) is 6.50. The Labute approximate surface area is 153 Å². The predicted molar refractivity (Wildman–Crippen MR) is 94.8 cm³/mol. The lowest BCUT2D eigenvalue weighted by Crippen LogP contribution is -2.43. The Balaban J connectivity index is 2.00. The number of halogens is 2. The number of aromatic carboxylic acids is 1. The van der Waals surface area contributed by atoms with Crippen LogP contribution >= 0.6 is 23.2 Å². The number of nitrogens with zero attached hydrogens (tertiary/aromatic N) is 1. The standard InChI is InChI=1S/C18H13Cl2NO4/c1-21-15-5-3-10(18(24)25)8-11(15)16(22)12(17(21)23)6-9-2-4-13(19)14(20)7-9/h2-5,7-8,12H,6H2,1H3,(H,24,25). The number of rotatable bonds is 3. The van der Waals surface area contributed by atoms with Crippen molar-refractivity contribution >= 4 is 46.5 Å². The molecule has 1 N–H and O–H groups in total. The molecule has 1 amide bonds. The molecule has 0 fully saturated rings. The lowest BCUT2D eigenvalue weighted by Gasteiger charge is -2.30. The number of fused-ring (bicyclic) bond motifs is 1.